The highest BCUT2D eigenvalue weighted by Crippen LogP contribution is 2.27. The number of rotatable bonds is 2. The number of nitrogens with zero attached hydrogens (tertiary/aromatic N) is 2. The Morgan fingerprint density at radius 2 is 2.44 bits per heavy atom. The number of hydrogen-bond acceptors (Lipinski definition) is 4. The molecule has 7 heteroatoms. The van der Waals surface area contributed by atoms with E-state index in [2.05, 4.69) is 9.97 Å². The zero-order valence-corrected chi connectivity index (χ0v) is 9.20. The Morgan fingerprint density at radius 3 is 3.12 bits per heavy atom. The Balaban J connectivity index is 2.40. The van der Waals surface area contributed by atoms with Crippen molar-refractivity contribution in [1.29, 1.82) is 0 Å². The summed E-state index contributed by atoms with van der Waals surface area (Å²) in [5.74, 6) is -0.0950. The summed E-state index contributed by atoms with van der Waals surface area (Å²) in [6, 6.07) is -0.424. The quantitative estimate of drug-likeness (QED) is 0.756. The molecule has 0 aromatic carbocycles. The van der Waals surface area contributed by atoms with Gasteiger partial charge in [0, 0.05) is 6.54 Å². The first-order chi connectivity index (χ1) is 7.61. The minimum absolute atomic E-state index is 0.00403. The minimum atomic E-state index is -0.424. The van der Waals surface area contributed by atoms with E-state index >= 15 is 0 Å². The molecular weight excluding hydrogens is 232 g/mol. The van der Waals surface area contributed by atoms with Gasteiger partial charge in [0.2, 0.25) is 5.91 Å². The van der Waals surface area contributed by atoms with Crippen LogP contribution in [0.25, 0.3) is 0 Å². The molecule has 3 N–H and O–H groups in total. The van der Waals surface area contributed by atoms with Crippen LogP contribution >= 0.6 is 11.6 Å². The van der Waals surface area contributed by atoms with Crippen molar-refractivity contribution in [3.05, 3.63) is 21.7 Å². The maximum atomic E-state index is 11.3. The third kappa shape index (κ3) is 1.76. The zero-order chi connectivity index (χ0) is 11.7. The fourth-order valence-electron chi connectivity index (χ4n) is 1.89. The van der Waals surface area contributed by atoms with Gasteiger partial charge in [-0.3, -0.25) is 9.59 Å². The van der Waals surface area contributed by atoms with Crippen molar-refractivity contribution in [2.45, 2.75) is 18.9 Å². The lowest BCUT2D eigenvalue weighted by molar-refractivity contribution is -0.119. The van der Waals surface area contributed by atoms with Gasteiger partial charge in [0.05, 0.1) is 6.33 Å². The molecule has 16 heavy (non-hydrogen) atoms. The summed E-state index contributed by atoms with van der Waals surface area (Å²) >= 11 is 5.84. The maximum absolute atomic E-state index is 11.3. The normalized spacial score (nSPS) is 20.1. The number of anilines is 1. The van der Waals surface area contributed by atoms with Gasteiger partial charge in [0.1, 0.15) is 11.1 Å². The van der Waals surface area contributed by atoms with Crippen molar-refractivity contribution >= 4 is 23.3 Å². The first-order valence-electron chi connectivity index (χ1n) is 4.90. The number of hydrogen-bond donors (Lipinski definition) is 2. The lowest BCUT2D eigenvalue weighted by Gasteiger charge is -2.23. The van der Waals surface area contributed by atoms with Crippen molar-refractivity contribution in [3.8, 4) is 0 Å². The molecule has 1 atom stereocenters. The monoisotopic (exact) mass is 242 g/mol. The third-order valence-corrected chi connectivity index (χ3v) is 2.97. The van der Waals surface area contributed by atoms with Crippen LogP contribution in [-0.4, -0.2) is 28.5 Å². The Morgan fingerprint density at radius 1 is 1.69 bits per heavy atom. The highest BCUT2D eigenvalue weighted by Gasteiger charge is 2.31. The standard InChI is InChI=1S/C9H11ClN4O2/c10-6-8(12-4-13-9(6)16)14-3-1-2-5(14)7(11)15/h4-5H,1-3H2,(H2,11,15)(H,12,13,16). The maximum Gasteiger partial charge on any atom is 0.271 e. The molecule has 0 saturated carbocycles. The van der Waals surface area contributed by atoms with E-state index in [1.807, 2.05) is 0 Å². The first kappa shape index (κ1) is 10.9. The molecule has 0 spiro atoms. The number of nitrogens with two attached hydrogens (primary N) is 1. The molecule has 1 aliphatic rings. The molecule has 1 aromatic heterocycles. The van der Waals surface area contributed by atoms with Gasteiger partial charge in [-0.1, -0.05) is 11.6 Å². The van der Waals surface area contributed by atoms with Gasteiger partial charge in [0.25, 0.3) is 5.56 Å². The topological polar surface area (TPSA) is 92.1 Å². The summed E-state index contributed by atoms with van der Waals surface area (Å²) in [4.78, 5) is 30.5. The first-order valence-corrected chi connectivity index (χ1v) is 5.28. The Bertz CT molecular complexity index is 473. The second-order valence-corrected chi connectivity index (χ2v) is 4.00. The molecule has 1 aliphatic heterocycles. The number of aromatic nitrogens is 2. The molecule has 6 nitrogen and oxygen atoms in total. The number of halogens is 1. The van der Waals surface area contributed by atoms with E-state index in [4.69, 9.17) is 17.3 Å². The average molecular weight is 243 g/mol. The molecule has 0 bridgehead atoms. The van der Waals surface area contributed by atoms with Gasteiger partial charge in [-0.2, -0.15) is 0 Å². The predicted octanol–water partition coefficient (Wildman–Crippen LogP) is -0.123. The summed E-state index contributed by atoms with van der Waals surface area (Å²) in [5, 5.41) is -0.00403. The van der Waals surface area contributed by atoms with Crippen molar-refractivity contribution < 1.29 is 4.79 Å². The minimum Gasteiger partial charge on any atom is -0.368 e. The van der Waals surface area contributed by atoms with Crippen LogP contribution in [0.3, 0.4) is 0 Å². The number of carbonyl (C=O) groups excluding carboxylic acids is 1. The Kier molecular flexibility index (Phi) is 2.82. The summed E-state index contributed by atoms with van der Waals surface area (Å²) < 4.78 is 0. The van der Waals surface area contributed by atoms with Crippen LogP contribution in [0.15, 0.2) is 11.1 Å². The number of amides is 1. The fraction of sp³-hybridized carbons (Fsp3) is 0.444. The molecule has 1 aromatic rings. The Hall–Kier alpha value is -1.56. The van der Waals surface area contributed by atoms with Crippen molar-refractivity contribution in [1.82, 2.24) is 9.97 Å². The molecular formula is C9H11ClN4O2. The largest absolute Gasteiger partial charge is 0.368 e. The fourth-order valence-corrected chi connectivity index (χ4v) is 2.10. The van der Waals surface area contributed by atoms with E-state index in [0.717, 1.165) is 6.42 Å². The van der Waals surface area contributed by atoms with Crippen LogP contribution in [0.5, 0.6) is 0 Å². The van der Waals surface area contributed by atoms with Crippen molar-refractivity contribution in [2.75, 3.05) is 11.4 Å². The molecule has 0 radical (unpaired) electrons. The number of H-pyrrole nitrogens is 1. The van der Waals surface area contributed by atoms with Crippen LogP contribution < -0.4 is 16.2 Å². The summed E-state index contributed by atoms with van der Waals surface area (Å²) in [5.41, 5.74) is 4.86. The van der Waals surface area contributed by atoms with Crippen LogP contribution in [0.1, 0.15) is 12.8 Å². The summed E-state index contributed by atoms with van der Waals surface area (Å²) in [6.45, 7) is 0.629. The molecule has 2 rings (SSSR count). The van der Waals surface area contributed by atoms with E-state index in [9.17, 15) is 9.59 Å². The molecule has 2 heterocycles. The number of primary amides is 1. The van der Waals surface area contributed by atoms with Crippen LogP contribution in [0.4, 0.5) is 5.82 Å². The number of carbonyl (C=O) groups is 1. The lowest BCUT2D eigenvalue weighted by Crippen LogP contribution is -2.41. The van der Waals surface area contributed by atoms with Crippen molar-refractivity contribution in [3.63, 3.8) is 0 Å². The predicted molar refractivity (Wildman–Crippen MR) is 59.4 cm³/mol. The molecule has 1 fully saturated rings. The highest BCUT2D eigenvalue weighted by atomic mass is 35.5. The molecule has 0 aliphatic carbocycles. The van der Waals surface area contributed by atoms with Gasteiger partial charge in [0.15, 0.2) is 5.82 Å². The Labute approximate surface area is 96.4 Å². The SMILES string of the molecule is NC(=O)C1CCCN1c1nc[nH]c(=O)c1Cl. The average Bonchev–Trinajstić information content (AvgIpc) is 2.70. The van der Waals surface area contributed by atoms with E-state index in [1.165, 1.54) is 6.33 Å². The van der Waals surface area contributed by atoms with Crippen LogP contribution in [0, 0.1) is 0 Å². The van der Waals surface area contributed by atoms with Crippen LogP contribution in [-0.2, 0) is 4.79 Å². The van der Waals surface area contributed by atoms with Gasteiger partial charge >= 0.3 is 0 Å². The third-order valence-electron chi connectivity index (χ3n) is 2.63. The zero-order valence-electron chi connectivity index (χ0n) is 8.44. The summed E-state index contributed by atoms with van der Waals surface area (Å²) in [7, 11) is 0. The van der Waals surface area contributed by atoms with Crippen molar-refractivity contribution in [2.24, 2.45) is 5.73 Å². The van der Waals surface area contributed by atoms with E-state index in [0.29, 0.717) is 18.8 Å². The molecule has 1 saturated heterocycles. The van der Waals surface area contributed by atoms with Gasteiger partial charge < -0.3 is 15.6 Å². The van der Waals surface area contributed by atoms with Gasteiger partial charge in [-0.15, -0.1) is 0 Å². The molecule has 1 amide bonds. The highest BCUT2D eigenvalue weighted by molar-refractivity contribution is 6.32. The second kappa shape index (κ2) is 4.13. The van der Waals surface area contributed by atoms with E-state index < -0.39 is 17.5 Å². The number of aromatic amines is 1. The second-order valence-electron chi connectivity index (χ2n) is 3.62. The van der Waals surface area contributed by atoms with E-state index in [-0.39, 0.29) is 5.02 Å². The number of nitrogens with one attached hydrogen (secondary N) is 1. The molecule has 86 valence electrons. The smallest absolute Gasteiger partial charge is 0.271 e. The molecule has 1 unspecified atom stereocenters. The van der Waals surface area contributed by atoms with E-state index in [1.54, 1.807) is 4.90 Å². The van der Waals surface area contributed by atoms with Gasteiger partial charge in [-0.25, -0.2) is 4.98 Å². The van der Waals surface area contributed by atoms with Gasteiger partial charge in [-0.05, 0) is 12.8 Å². The van der Waals surface area contributed by atoms with Crippen LogP contribution in [0.2, 0.25) is 5.02 Å². The lowest BCUT2D eigenvalue weighted by atomic mass is 10.2. The summed E-state index contributed by atoms with van der Waals surface area (Å²) in [6.07, 6.45) is 2.76.